The first kappa shape index (κ1) is 13.6. The molecule has 1 aliphatic heterocycles. The van der Waals surface area contributed by atoms with E-state index < -0.39 is 0 Å². The molecule has 0 amide bonds. The highest BCUT2D eigenvalue weighted by molar-refractivity contribution is 5.33. The molecule has 2 nitrogen and oxygen atoms in total. The summed E-state index contributed by atoms with van der Waals surface area (Å²) in [5.41, 5.74) is 4.43. The van der Waals surface area contributed by atoms with E-state index in [9.17, 15) is 0 Å². The van der Waals surface area contributed by atoms with Crippen molar-refractivity contribution in [3.05, 3.63) is 34.9 Å². The molecule has 2 rings (SSSR count). The highest BCUT2D eigenvalue weighted by atomic mass is 14.9. The number of benzene rings is 1. The first-order valence-electron chi connectivity index (χ1n) is 7.35. The second kappa shape index (κ2) is 6.91. The molecule has 0 spiro atoms. The molecule has 1 aromatic carbocycles. The maximum absolute atomic E-state index is 3.59. The molecule has 18 heavy (non-hydrogen) atoms. The van der Waals surface area contributed by atoms with Crippen LogP contribution >= 0.6 is 0 Å². The van der Waals surface area contributed by atoms with Gasteiger partial charge in [-0.05, 0) is 42.1 Å². The van der Waals surface area contributed by atoms with Gasteiger partial charge in [0.2, 0.25) is 0 Å². The van der Waals surface area contributed by atoms with Gasteiger partial charge in [-0.25, -0.2) is 0 Å². The molecule has 1 aromatic rings. The topological polar surface area (TPSA) is 24.1 Å². The van der Waals surface area contributed by atoms with Crippen molar-refractivity contribution in [2.24, 2.45) is 5.92 Å². The molecule has 0 fully saturated rings. The van der Waals surface area contributed by atoms with Crippen molar-refractivity contribution in [1.29, 1.82) is 0 Å². The molecular formula is C16H26N2. The summed E-state index contributed by atoms with van der Waals surface area (Å²) >= 11 is 0. The third kappa shape index (κ3) is 3.56. The van der Waals surface area contributed by atoms with Gasteiger partial charge in [-0.15, -0.1) is 0 Å². The molecule has 2 heteroatoms. The van der Waals surface area contributed by atoms with Crippen LogP contribution < -0.4 is 10.6 Å². The molecule has 1 aliphatic rings. The minimum Gasteiger partial charge on any atom is -0.312 e. The Labute approximate surface area is 111 Å². The zero-order valence-electron chi connectivity index (χ0n) is 11.8. The van der Waals surface area contributed by atoms with Crippen molar-refractivity contribution in [3.8, 4) is 0 Å². The number of nitrogens with one attached hydrogen (secondary N) is 2. The second-order valence-corrected chi connectivity index (χ2v) is 5.34. The van der Waals surface area contributed by atoms with Crippen LogP contribution in [0.15, 0.2) is 18.2 Å². The van der Waals surface area contributed by atoms with Crippen LogP contribution in [0.3, 0.4) is 0 Å². The molecule has 0 unspecified atom stereocenters. The van der Waals surface area contributed by atoms with Crippen molar-refractivity contribution in [2.75, 3.05) is 13.1 Å². The summed E-state index contributed by atoms with van der Waals surface area (Å²) in [6.45, 7) is 8.86. The molecule has 0 aromatic heterocycles. The fourth-order valence-corrected chi connectivity index (χ4v) is 2.64. The normalized spacial score (nSPS) is 14.8. The maximum atomic E-state index is 3.59. The van der Waals surface area contributed by atoms with Crippen molar-refractivity contribution in [1.82, 2.24) is 10.6 Å². The molecule has 0 atom stereocenters. The van der Waals surface area contributed by atoms with Gasteiger partial charge in [-0.2, -0.15) is 0 Å². The van der Waals surface area contributed by atoms with E-state index in [1.807, 2.05) is 0 Å². The van der Waals surface area contributed by atoms with Crippen molar-refractivity contribution < 1.29 is 0 Å². The molecular weight excluding hydrogens is 220 g/mol. The Morgan fingerprint density at radius 3 is 2.83 bits per heavy atom. The predicted octanol–water partition coefficient (Wildman–Crippen LogP) is 2.86. The van der Waals surface area contributed by atoms with E-state index in [0.29, 0.717) is 0 Å². The van der Waals surface area contributed by atoms with Crippen molar-refractivity contribution in [2.45, 2.75) is 46.2 Å². The molecule has 100 valence electrons. The Bertz CT molecular complexity index is 369. The van der Waals surface area contributed by atoms with Crippen LogP contribution in [0.1, 0.15) is 43.4 Å². The van der Waals surface area contributed by atoms with Crippen LogP contribution in [0.2, 0.25) is 0 Å². The Morgan fingerprint density at radius 2 is 2.06 bits per heavy atom. The zero-order valence-corrected chi connectivity index (χ0v) is 11.8. The molecule has 0 bridgehead atoms. The highest BCUT2D eigenvalue weighted by Gasteiger charge is 2.09. The fraction of sp³-hybridized carbons (Fsp3) is 0.625. The summed E-state index contributed by atoms with van der Waals surface area (Å²) in [4.78, 5) is 0. The van der Waals surface area contributed by atoms with Gasteiger partial charge in [-0.3, -0.25) is 0 Å². The lowest BCUT2D eigenvalue weighted by Crippen LogP contribution is -2.24. The Balaban J connectivity index is 1.86. The minimum atomic E-state index is 0.823. The van der Waals surface area contributed by atoms with Gasteiger partial charge in [0, 0.05) is 13.1 Å². The van der Waals surface area contributed by atoms with Gasteiger partial charge in [0.05, 0.1) is 0 Å². The van der Waals surface area contributed by atoms with Gasteiger partial charge in [0.1, 0.15) is 0 Å². The standard InChI is InChI=1S/C16H26N2/c1-3-13(4-2)10-18-11-14-5-6-15-7-8-17-12-16(15)9-14/h5-6,9,13,17-18H,3-4,7-8,10-12H2,1-2H3. The molecule has 0 radical (unpaired) electrons. The van der Waals surface area contributed by atoms with E-state index in [2.05, 4.69) is 42.7 Å². The summed E-state index contributed by atoms with van der Waals surface area (Å²) in [5.74, 6) is 0.823. The number of hydrogen-bond acceptors (Lipinski definition) is 2. The van der Waals surface area contributed by atoms with Gasteiger partial charge in [-0.1, -0.05) is 44.9 Å². The van der Waals surface area contributed by atoms with E-state index in [4.69, 9.17) is 0 Å². The molecule has 0 saturated carbocycles. The van der Waals surface area contributed by atoms with Gasteiger partial charge < -0.3 is 10.6 Å². The predicted molar refractivity (Wildman–Crippen MR) is 77.6 cm³/mol. The Morgan fingerprint density at radius 1 is 1.22 bits per heavy atom. The summed E-state index contributed by atoms with van der Waals surface area (Å²) in [7, 11) is 0. The Kier molecular flexibility index (Phi) is 5.21. The zero-order chi connectivity index (χ0) is 12.8. The average Bonchev–Trinajstić information content (AvgIpc) is 2.43. The van der Waals surface area contributed by atoms with Crippen LogP contribution in [0.4, 0.5) is 0 Å². The molecule has 1 heterocycles. The molecule has 0 aliphatic carbocycles. The lowest BCUT2D eigenvalue weighted by Gasteiger charge is -2.18. The number of fused-ring (bicyclic) bond motifs is 1. The van der Waals surface area contributed by atoms with Crippen LogP contribution in [-0.4, -0.2) is 13.1 Å². The van der Waals surface area contributed by atoms with E-state index in [1.165, 1.54) is 36.0 Å². The SMILES string of the molecule is CCC(CC)CNCc1ccc2c(c1)CNCC2. The maximum Gasteiger partial charge on any atom is 0.0208 e. The van der Waals surface area contributed by atoms with E-state index >= 15 is 0 Å². The number of rotatable bonds is 6. The third-order valence-corrected chi connectivity index (χ3v) is 4.07. The first-order chi connectivity index (χ1) is 8.83. The van der Waals surface area contributed by atoms with Crippen molar-refractivity contribution in [3.63, 3.8) is 0 Å². The van der Waals surface area contributed by atoms with Gasteiger partial charge >= 0.3 is 0 Å². The van der Waals surface area contributed by atoms with Gasteiger partial charge in [0.25, 0.3) is 0 Å². The van der Waals surface area contributed by atoms with Crippen molar-refractivity contribution >= 4 is 0 Å². The Hall–Kier alpha value is -0.860. The summed E-state index contributed by atoms with van der Waals surface area (Å²) in [5, 5.41) is 7.03. The van der Waals surface area contributed by atoms with Crippen LogP contribution in [0.25, 0.3) is 0 Å². The largest absolute Gasteiger partial charge is 0.312 e. The van der Waals surface area contributed by atoms with Crippen LogP contribution in [-0.2, 0) is 19.5 Å². The summed E-state index contributed by atoms with van der Waals surface area (Å²) in [6, 6.07) is 6.95. The smallest absolute Gasteiger partial charge is 0.0208 e. The monoisotopic (exact) mass is 246 g/mol. The van der Waals surface area contributed by atoms with E-state index in [0.717, 1.165) is 32.1 Å². The number of hydrogen-bond donors (Lipinski definition) is 2. The second-order valence-electron chi connectivity index (χ2n) is 5.34. The lowest BCUT2D eigenvalue weighted by molar-refractivity contribution is 0.449. The summed E-state index contributed by atoms with van der Waals surface area (Å²) in [6.07, 6.45) is 3.73. The quantitative estimate of drug-likeness (QED) is 0.806. The lowest BCUT2D eigenvalue weighted by atomic mass is 9.98. The van der Waals surface area contributed by atoms with E-state index in [1.54, 1.807) is 0 Å². The highest BCUT2D eigenvalue weighted by Crippen LogP contribution is 2.16. The van der Waals surface area contributed by atoms with Crippen LogP contribution in [0.5, 0.6) is 0 Å². The fourth-order valence-electron chi connectivity index (χ4n) is 2.64. The molecule has 0 saturated heterocycles. The minimum absolute atomic E-state index is 0.823. The average molecular weight is 246 g/mol. The third-order valence-electron chi connectivity index (χ3n) is 4.07. The first-order valence-corrected chi connectivity index (χ1v) is 7.35. The van der Waals surface area contributed by atoms with E-state index in [-0.39, 0.29) is 0 Å². The summed E-state index contributed by atoms with van der Waals surface area (Å²) < 4.78 is 0. The van der Waals surface area contributed by atoms with Gasteiger partial charge in [0.15, 0.2) is 0 Å². The van der Waals surface area contributed by atoms with Crippen LogP contribution in [0, 0.1) is 5.92 Å². The molecule has 2 N–H and O–H groups in total.